The molecule has 2 N–H and O–H groups in total. The van der Waals surface area contributed by atoms with Gasteiger partial charge in [0.05, 0.1) is 11.1 Å². The van der Waals surface area contributed by atoms with Gasteiger partial charge in [0, 0.05) is 17.8 Å². The smallest absolute Gasteiger partial charge is 0.186 e. The zero-order chi connectivity index (χ0) is 17.4. The minimum absolute atomic E-state index is 0.0106. The summed E-state index contributed by atoms with van der Waals surface area (Å²) in [6, 6.07) is 13.9. The van der Waals surface area contributed by atoms with Crippen molar-refractivity contribution in [1.82, 2.24) is 9.97 Å². The lowest BCUT2D eigenvalue weighted by atomic mass is 9.85. The minimum atomic E-state index is -0.445. The van der Waals surface area contributed by atoms with E-state index in [1.54, 1.807) is 6.20 Å². The summed E-state index contributed by atoms with van der Waals surface area (Å²) < 4.78 is 0. The number of hydrogen-bond donors (Lipinski definition) is 2. The third-order valence-electron chi connectivity index (χ3n) is 5.31. The molecule has 1 fully saturated rings. The summed E-state index contributed by atoms with van der Waals surface area (Å²) in [4.78, 5) is 20.4. The normalized spacial score (nSPS) is 16.5. The average Bonchev–Trinajstić information content (AvgIpc) is 3.34. The van der Waals surface area contributed by atoms with Gasteiger partial charge in [0.25, 0.3) is 0 Å². The number of Topliss-reactive ketones (excluding diaryl/α,β-unsaturated/α-hetero) is 1. The highest BCUT2D eigenvalue weighted by Gasteiger charge is 2.51. The number of benzene rings is 1. The van der Waals surface area contributed by atoms with E-state index < -0.39 is 5.41 Å². The Morgan fingerprint density at radius 2 is 2.00 bits per heavy atom. The molecule has 4 rings (SSSR count). The van der Waals surface area contributed by atoms with E-state index in [9.17, 15) is 4.79 Å². The van der Waals surface area contributed by atoms with Crippen molar-refractivity contribution in [2.75, 3.05) is 0 Å². The highest BCUT2D eigenvalue weighted by Crippen LogP contribution is 2.49. The van der Waals surface area contributed by atoms with E-state index in [-0.39, 0.29) is 17.4 Å². The summed E-state index contributed by atoms with van der Waals surface area (Å²) in [6.07, 6.45) is 5.86. The molecule has 0 spiro atoms. The molecule has 0 amide bonds. The van der Waals surface area contributed by atoms with Gasteiger partial charge in [-0.25, -0.2) is 4.98 Å². The van der Waals surface area contributed by atoms with Crippen LogP contribution in [0, 0.1) is 5.41 Å². The van der Waals surface area contributed by atoms with E-state index in [4.69, 9.17) is 5.41 Å². The predicted octanol–water partition coefficient (Wildman–Crippen LogP) is 4.38. The first-order valence-electron chi connectivity index (χ1n) is 8.71. The fraction of sp³-hybridized carbons (Fsp3) is 0.286. The number of nitrogens with one attached hydrogen (secondary N) is 2. The molecular formula is C21H21N3O. The molecule has 0 bridgehead atoms. The molecule has 1 atom stereocenters. The van der Waals surface area contributed by atoms with E-state index in [2.05, 4.69) is 16.9 Å². The van der Waals surface area contributed by atoms with Gasteiger partial charge in [-0.05, 0) is 48.4 Å². The highest BCUT2D eigenvalue weighted by atomic mass is 16.1. The molecule has 25 heavy (non-hydrogen) atoms. The quantitative estimate of drug-likeness (QED) is 0.658. The predicted molar refractivity (Wildman–Crippen MR) is 99.2 cm³/mol. The Balaban J connectivity index is 1.53. The van der Waals surface area contributed by atoms with Gasteiger partial charge in [-0.15, -0.1) is 0 Å². The van der Waals surface area contributed by atoms with Gasteiger partial charge in [0.2, 0.25) is 0 Å². The van der Waals surface area contributed by atoms with Crippen LogP contribution in [-0.2, 0) is 10.2 Å². The Morgan fingerprint density at radius 3 is 2.72 bits per heavy atom. The Kier molecular flexibility index (Phi) is 3.75. The summed E-state index contributed by atoms with van der Waals surface area (Å²) in [6.45, 7) is 2.07. The number of carbonyl (C=O) groups is 1. The lowest BCUT2D eigenvalue weighted by molar-refractivity contribution is -0.115. The monoisotopic (exact) mass is 331 g/mol. The van der Waals surface area contributed by atoms with Gasteiger partial charge in [-0.1, -0.05) is 37.3 Å². The van der Waals surface area contributed by atoms with Crippen LogP contribution >= 0.6 is 0 Å². The first kappa shape index (κ1) is 15.8. The Morgan fingerprint density at radius 1 is 1.24 bits per heavy atom. The second-order valence-corrected chi connectivity index (χ2v) is 7.00. The van der Waals surface area contributed by atoms with Gasteiger partial charge in [0.1, 0.15) is 5.65 Å². The number of fused-ring (bicyclic) bond motifs is 1. The summed E-state index contributed by atoms with van der Waals surface area (Å²) >= 11 is 0. The second kappa shape index (κ2) is 5.96. The molecule has 4 nitrogen and oxygen atoms in total. The van der Waals surface area contributed by atoms with E-state index in [1.807, 2.05) is 48.7 Å². The van der Waals surface area contributed by atoms with Crippen LogP contribution in [0.2, 0.25) is 0 Å². The van der Waals surface area contributed by atoms with Crippen LogP contribution in [0.3, 0.4) is 0 Å². The summed E-state index contributed by atoms with van der Waals surface area (Å²) in [5.74, 6) is 0.0875. The molecule has 4 heteroatoms. The van der Waals surface area contributed by atoms with Crippen LogP contribution < -0.4 is 0 Å². The molecular weight excluding hydrogens is 310 g/mol. The average molecular weight is 331 g/mol. The Hall–Kier alpha value is -2.75. The molecule has 126 valence electrons. The molecule has 0 radical (unpaired) electrons. The zero-order valence-corrected chi connectivity index (χ0v) is 14.3. The Labute approximate surface area is 146 Å². The lowest BCUT2D eigenvalue weighted by Gasteiger charge is -2.17. The second-order valence-electron chi connectivity index (χ2n) is 7.00. The van der Waals surface area contributed by atoms with Crippen molar-refractivity contribution in [3.63, 3.8) is 0 Å². The molecule has 2 heterocycles. The summed E-state index contributed by atoms with van der Waals surface area (Å²) in [5.41, 5.74) is 2.80. The van der Waals surface area contributed by atoms with Crippen LogP contribution in [0.4, 0.5) is 0 Å². The molecule has 0 saturated heterocycles. The van der Waals surface area contributed by atoms with Crippen LogP contribution in [-0.4, -0.2) is 21.5 Å². The molecule has 1 aliphatic carbocycles. The lowest BCUT2D eigenvalue weighted by Crippen LogP contribution is -2.29. The Bertz CT molecular complexity index is 938. The largest absolute Gasteiger partial charge is 0.346 e. The van der Waals surface area contributed by atoms with Crippen molar-refractivity contribution in [1.29, 1.82) is 5.41 Å². The number of rotatable bonds is 6. The number of pyridine rings is 1. The molecule has 3 aromatic rings. The fourth-order valence-corrected chi connectivity index (χ4v) is 3.71. The van der Waals surface area contributed by atoms with Crippen molar-refractivity contribution < 1.29 is 4.79 Å². The fourth-order valence-electron chi connectivity index (χ4n) is 3.71. The van der Waals surface area contributed by atoms with Crippen molar-refractivity contribution >= 4 is 22.5 Å². The van der Waals surface area contributed by atoms with Crippen LogP contribution in [0.5, 0.6) is 0 Å². The van der Waals surface area contributed by atoms with Crippen LogP contribution in [0.25, 0.3) is 11.0 Å². The van der Waals surface area contributed by atoms with Gasteiger partial charge in [-0.3, -0.25) is 4.79 Å². The maximum absolute atomic E-state index is 13.0. The van der Waals surface area contributed by atoms with Gasteiger partial charge in [0.15, 0.2) is 5.78 Å². The SMILES string of the molecule is CC(CC(=N)C(=O)C1(c2ccccc2)CC1)c1c[nH]c2ncccc12. The number of aromatic amines is 1. The van der Waals surface area contributed by atoms with Gasteiger partial charge >= 0.3 is 0 Å². The van der Waals surface area contributed by atoms with Crippen molar-refractivity contribution in [3.05, 3.63) is 66.0 Å². The van der Waals surface area contributed by atoms with E-state index in [0.29, 0.717) is 6.42 Å². The van der Waals surface area contributed by atoms with Gasteiger partial charge < -0.3 is 10.4 Å². The van der Waals surface area contributed by atoms with Crippen LogP contribution in [0.15, 0.2) is 54.9 Å². The molecule has 0 aliphatic heterocycles. The number of nitrogens with zero attached hydrogens (tertiary/aromatic N) is 1. The summed E-state index contributed by atoms with van der Waals surface area (Å²) in [5, 5.41) is 9.47. The molecule has 1 saturated carbocycles. The first-order chi connectivity index (χ1) is 12.1. The number of hydrogen-bond acceptors (Lipinski definition) is 3. The third-order valence-corrected chi connectivity index (χ3v) is 5.31. The van der Waals surface area contributed by atoms with E-state index in [0.717, 1.165) is 35.0 Å². The third kappa shape index (κ3) is 2.68. The van der Waals surface area contributed by atoms with E-state index >= 15 is 0 Å². The van der Waals surface area contributed by atoms with Crippen molar-refractivity contribution in [2.45, 2.75) is 37.5 Å². The highest BCUT2D eigenvalue weighted by molar-refractivity contribution is 6.42. The standard InChI is InChI=1S/C21H21N3O/c1-14(17-13-24-20-16(17)8-5-11-23-20)12-18(22)19(25)21(9-10-21)15-6-3-2-4-7-15/h2-8,11,13-14,22H,9-10,12H2,1H3,(H,23,24). The molecule has 1 aliphatic rings. The first-order valence-corrected chi connectivity index (χ1v) is 8.71. The van der Waals surface area contributed by atoms with Crippen molar-refractivity contribution in [3.8, 4) is 0 Å². The maximum Gasteiger partial charge on any atom is 0.186 e. The minimum Gasteiger partial charge on any atom is -0.346 e. The van der Waals surface area contributed by atoms with Crippen molar-refractivity contribution in [2.24, 2.45) is 0 Å². The zero-order valence-electron chi connectivity index (χ0n) is 14.3. The number of H-pyrrole nitrogens is 1. The number of aromatic nitrogens is 2. The number of ketones is 1. The maximum atomic E-state index is 13.0. The molecule has 2 aromatic heterocycles. The van der Waals surface area contributed by atoms with E-state index in [1.165, 1.54) is 0 Å². The molecule has 1 unspecified atom stereocenters. The topological polar surface area (TPSA) is 69.6 Å². The summed E-state index contributed by atoms with van der Waals surface area (Å²) in [7, 11) is 0. The van der Waals surface area contributed by atoms with Gasteiger partial charge in [-0.2, -0.15) is 0 Å². The number of carbonyl (C=O) groups excluding carboxylic acids is 1. The van der Waals surface area contributed by atoms with Crippen LogP contribution in [0.1, 0.15) is 43.2 Å². The molecule has 1 aromatic carbocycles.